The van der Waals surface area contributed by atoms with Crippen LogP contribution in [0, 0.1) is 0 Å². The quantitative estimate of drug-likeness (QED) is 0.462. The Bertz CT molecular complexity index is 509. The van der Waals surface area contributed by atoms with Gasteiger partial charge >= 0.3 is 0 Å². The van der Waals surface area contributed by atoms with Crippen molar-refractivity contribution in [2.75, 3.05) is 7.05 Å². The molecule has 1 aliphatic heterocycles. The maximum atomic E-state index is 4.54. The standard InChI is InChI=1S/C14H20N2S/c1-3-4-5-6-11-7-8-13-12(9-11)10-14(17,15-2)16-13/h7-10,15,17H,3-6H2,1-2H3. The van der Waals surface area contributed by atoms with Gasteiger partial charge in [-0.3, -0.25) is 5.32 Å². The molecule has 17 heavy (non-hydrogen) atoms. The van der Waals surface area contributed by atoms with Crippen LogP contribution in [-0.4, -0.2) is 12.0 Å². The zero-order valence-corrected chi connectivity index (χ0v) is 11.4. The predicted molar refractivity (Wildman–Crippen MR) is 75.7 cm³/mol. The Morgan fingerprint density at radius 3 is 2.88 bits per heavy atom. The van der Waals surface area contributed by atoms with E-state index in [0.717, 1.165) is 11.8 Å². The number of thiol groups is 1. The summed E-state index contributed by atoms with van der Waals surface area (Å²) in [4.78, 5) is 4.01. The summed E-state index contributed by atoms with van der Waals surface area (Å²) in [5, 5.41) is 5.33. The molecule has 0 aliphatic carbocycles. The molecule has 1 aliphatic rings. The van der Waals surface area contributed by atoms with Crippen LogP contribution >= 0.6 is 12.6 Å². The lowest BCUT2D eigenvalue weighted by Crippen LogP contribution is -2.31. The number of benzene rings is 1. The molecule has 1 heterocycles. The predicted octanol–water partition coefficient (Wildman–Crippen LogP) is 1.64. The van der Waals surface area contributed by atoms with E-state index in [0.29, 0.717) is 0 Å². The first-order valence-corrected chi connectivity index (χ1v) is 6.74. The molecule has 2 nitrogen and oxygen atoms in total. The molecular weight excluding hydrogens is 228 g/mol. The Labute approximate surface area is 108 Å². The topological polar surface area (TPSA) is 24.4 Å². The van der Waals surface area contributed by atoms with Gasteiger partial charge in [-0.2, -0.15) is 0 Å². The summed E-state index contributed by atoms with van der Waals surface area (Å²) < 4.78 is 0. The number of aryl methyl sites for hydroxylation is 1. The Kier molecular flexibility index (Phi) is 3.89. The van der Waals surface area contributed by atoms with Crippen molar-refractivity contribution in [3.8, 4) is 0 Å². The number of fused-ring (bicyclic) bond motifs is 1. The van der Waals surface area contributed by atoms with Crippen molar-refractivity contribution in [1.82, 2.24) is 5.32 Å². The highest BCUT2D eigenvalue weighted by Crippen LogP contribution is 2.15. The van der Waals surface area contributed by atoms with Crippen molar-refractivity contribution in [3.05, 3.63) is 34.3 Å². The molecule has 92 valence electrons. The van der Waals surface area contributed by atoms with Crippen LogP contribution in [0.5, 0.6) is 0 Å². The molecule has 1 aromatic rings. The largest absolute Gasteiger partial charge is 0.284 e. The fraction of sp³-hybridized carbons (Fsp3) is 0.500. The van der Waals surface area contributed by atoms with Gasteiger partial charge in [0.05, 0.1) is 5.36 Å². The summed E-state index contributed by atoms with van der Waals surface area (Å²) >= 11 is 4.51. The third-order valence-electron chi connectivity index (χ3n) is 3.18. The van der Waals surface area contributed by atoms with Gasteiger partial charge in [-0.05, 0) is 43.7 Å². The van der Waals surface area contributed by atoms with Crippen LogP contribution in [0.2, 0.25) is 0 Å². The Balaban J connectivity index is 2.21. The van der Waals surface area contributed by atoms with E-state index in [9.17, 15) is 0 Å². The van der Waals surface area contributed by atoms with Gasteiger partial charge in [-0.25, -0.2) is 4.99 Å². The monoisotopic (exact) mass is 248 g/mol. The van der Waals surface area contributed by atoms with Crippen LogP contribution in [0.4, 0.5) is 0 Å². The first-order chi connectivity index (χ1) is 8.17. The molecule has 0 saturated heterocycles. The maximum Gasteiger partial charge on any atom is 0.175 e. The molecule has 1 unspecified atom stereocenters. The van der Waals surface area contributed by atoms with Crippen LogP contribution in [0.15, 0.2) is 23.2 Å². The van der Waals surface area contributed by atoms with Crippen LogP contribution in [-0.2, 0) is 6.42 Å². The van der Waals surface area contributed by atoms with Gasteiger partial charge in [0.1, 0.15) is 0 Å². The first kappa shape index (κ1) is 12.7. The summed E-state index contributed by atoms with van der Waals surface area (Å²) in [6, 6.07) is 6.52. The average molecular weight is 248 g/mol. The molecule has 1 N–H and O–H groups in total. The molecule has 0 fully saturated rings. The van der Waals surface area contributed by atoms with Gasteiger partial charge < -0.3 is 0 Å². The third-order valence-corrected chi connectivity index (χ3v) is 3.63. The van der Waals surface area contributed by atoms with E-state index in [1.54, 1.807) is 0 Å². The molecule has 1 aromatic carbocycles. The van der Waals surface area contributed by atoms with Crippen LogP contribution in [0.1, 0.15) is 31.7 Å². The van der Waals surface area contributed by atoms with Crippen molar-refractivity contribution in [1.29, 1.82) is 0 Å². The zero-order chi connectivity index (χ0) is 12.3. The lowest BCUT2D eigenvalue weighted by Gasteiger charge is -2.14. The highest BCUT2D eigenvalue weighted by atomic mass is 32.1. The van der Waals surface area contributed by atoms with Gasteiger partial charge in [0.2, 0.25) is 0 Å². The van der Waals surface area contributed by atoms with Gasteiger partial charge in [-0.1, -0.05) is 25.8 Å². The molecule has 0 saturated carbocycles. The fourth-order valence-corrected chi connectivity index (χ4v) is 2.36. The van der Waals surface area contributed by atoms with E-state index in [1.165, 1.54) is 30.0 Å². The highest BCUT2D eigenvalue weighted by molar-refractivity contribution is 7.82. The van der Waals surface area contributed by atoms with E-state index < -0.39 is 4.99 Å². The van der Waals surface area contributed by atoms with Crippen molar-refractivity contribution in [2.45, 2.75) is 37.6 Å². The van der Waals surface area contributed by atoms with Crippen molar-refractivity contribution < 1.29 is 0 Å². The Morgan fingerprint density at radius 1 is 1.35 bits per heavy atom. The van der Waals surface area contributed by atoms with Crippen molar-refractivity contribution in [3.63, 3.8) is 0 Å². The summed E-state index contributed by atoms with van der Waals surface area (Å²) in [6.45, 7) is 2.23. The van der Waals surface area contributed by atoms with Crippen LogP contribution in [0.3, 0.4) is 0 Å². The van der Waals surface area contributed by atoms with Gasteiger partial charge in [-0.15, -0.1) is 12.6 Å². The second kappa shape index (κ2) is 5.23. The van der Waals surface area contributed by atoms with Crippen molar-refractivity contribution >= 4 is 18.7 Å². The van der Waals surface area contributed by atoms with E-state index in [-0.39, 0.29) is 0 Å². The lowest BCUT2D eigenvalue weighted by molar-refractivity contribution is 0.674. The second-order valence-corrected chi connectivity index (χ2v) is 5.26. The molecule has 0 spiro atoms. The minimum absolute atomic E-state index is 0.523. The molecule has 1 atom stereocenters. The third kappa shape index (κ3) is 2.90. The van der Waals surface area contributed by atoms with E-state index >= 15 is 0 Å². The van der Waals surface area contributed by atoms with Crippen molar-refractivity contribution in [2.24, 2.45) is 4.99 Å². The molecule has 0 aromatic heterocycles. The second-order valence-electron chi connectivity index (χ2n) is 4.58. The number of nitrogens with one attached hydrogen (secondary N) is 1. The minimum atomic E-state index is -0.523. The molecule has 0 bridgehead atoms. The van der Waals surface area contributed by atoms with Crippen LogP contribution in [0.25, 0.3) is 6.08 Å². The lowest BCUT2D eigenvalue weighted by atomic mass is 10.1. The molecular formula is C14H20N2S. The SMILES string of the molecule is CCCCCc1ccc2c(c1)=CC(S)(NC)N=2. The first-order valence-electron chi connectivity index (χ1n) is 6.30. The smallest absolute Gasteiger partial charge is 0.175 e. The number of hydrogen-bond acceptors (Lipinski definition) is 3. The summed E-state index contributed by atoms with van der Waals surface area (Å²) in [6.07, 6.45) is 7.08. The van der Waals surface area contributed by atoms with Gasteiger partial charge in [0, 0.05) is 5.22 Å². The van der Waals surface area contributed by atoms with Crippen LogP contribution < -0.4 is 15.9 Å². The van der Waals surface area contributed by atoms with E-state index in [4.69, 9.17) is 0 Å². The average Bonchev–Trinajstić information content (AvgIpc) is 2.66. The molecule has 3 heteroatoms. The molecule has 0 radical (unpaired) electrons. The van der Waals surface area contributed by atoms with Gasteiger partial charge in [0.25, 0.3) is 0 Å². The number of unbranched alkanes of at least 4 members (excludes halogenated alkanes) is 2. The molecule has 2 rings (SSSR count). The zero-order valence-electron chi connectivity index (χ0n) is 10.5. The maximum absolute atomic E-state index is 4.54. The summed E-state index contributed by atoms with van der Waals surface area (Å²) in [5.74, 6) is 0. The fourth-order valence-electron chi connectivity index (χ4n) is 2.12. The van der Waals surface area contributed by atoms with Gasteiger partial charge in [0.15, 0.2) is 4.99 Å². The number of nitrogens with zero attached hydrogens (tertiary/aromatic N) is 1. The summed E-state index contributed by atoms with van der Waals surface area (Å²) in [7, 11) is 1.88. The number of hydrogen-bond donors (Lipinski definition) is 2. The Morgan fingerprint density at radius 2 is 2.18 bits per heavy atom. The number of rotatable bonds is 5. The Hall–Kier alpha value is -0.800. The highest BCUT2D eigenvalue weighted by Gasteiger charge is 2.21. The minimum Gasteiger partial charge on any atom is -0.284 e. The van der Waals surface area contributed by atoms with E-state index in [1.807, 2.05) is 7.05 Å². The molecule has 0 amide bonds. The van der Waals surface area contributed by atoms with E-state index in [2.05, 4.69) is 54.1 Å². The normalized spacial score (nSPS) is 21.8. The summed E-state index contributed by atoms with van der Waals surface area (Å²) in [5.41, 5.74) is 1.40.